The van der Waals surface area contributed by atoms with E-state index in [0.29, 0.717) is 26.3 Å². The molecule has 2 aromatic carbocycles. The molecule has 0 saturated heterocycles. The van der Waals surface area contributed by atoms with Gasteiger partial charge in [0.15, 0.2) is 15.4 Å². The van der Waals surface area contributed by atoms with E-state index in [0.717, 1.165) is 16.0 Å². The molecule has 0 spiro atoms. The second kappa shape index (κ2) is 6.55. The van der Waals surface area contributed by atoms with E-state index in [4.69, 9.17) is 33.5 Å². The Morgan fingerprint density at radius 3 is 2.48 bits per heavy atom. The maximum atomic E-state index is 6.32. The molecular formula is C18H12ClN3OS2. The number of aromatic nitrogens is 3. The zero-order valence-corrected chi connectivity index (χ0v) is 15.5. The van der Waals surface area contributed by atoms with Gasteiger partial charge >= 0.3 is 0 Å². The number of rotatable bonds is 3. The Balaban J connectivity index is 2.06. The van der Waals surface area contributed by atoms with Crippen LogP contribution in [0, 0.1) is 3.95 Å². The molecule has 25 heavy (non-hydrogen) atoms. The quantitative estimate of drug-likeness (QED) is 0.434. The third-order valence-electron chi connectivity index (χ3n) is 3.72. The van der Waals surface area contributed by atoms with Crippen LogP contribution in [0.1, 0.15) is 0 Å². The molecule has 0 fully saturated rings. The highest BCUT2D eigenvalue weighted by Gasteiger charge is 2.18. The molecule has 4 nitrogen and oxygen atoms in total. The van der Waals surface area contributed by atoms with Crippen LogP contribution in [0.25, 0.3) is 27.4 Å². The molecule has 2 aromatic heterocycles. The van der Waals surface area contributed by atoms with Crippen molar-refractivity contribution in [3.8, 4) is 23.0 Å². The second-order valence-corrected chi connectivity index (χ2v) is 7.28. The predicted molar refractivity (Wildman–Crippen MR) is 105 cm³/mol. The first kappa shape index (κ1) is 16.2. The van der Waals surface area contributed by atoms with Gasteiger partial charge < -0.3 is 4.74 Å². The normalized spacial score (nSPS) is 11.0. The van der Waals surface area contributed by atoms with E-state index in [-0.39, 0.29) is 0 Å². The SMILES string of the molecule is COc1nc(-c2ccccc2Cl)nc2c1sc(=S)n2-c1ccccc1. The van der Waals surface area contributed by atoms with Crippen molar-refractivity contribution in [1.29, 1.82) is 0 Å². The van der Waals surface area contributed by atoms with Crippen LogP contribution in [-0.4, -0.2) is 21.6 Å². The van der Waals surface area contributed by atoms with Crippen LogP contribution >= 0.6 is 35.2 Å². The van der Waals surface area contributed by atoms with Crippen LogP contribution < -0.4 is 4.74 Å². The highest BCUT2D eigenvalue weighted by Crippen LogP contribution is 2.35. The molecule has 0 radical (unpaired) electrons. The summed E-state index contributed by atoms with van der Waals surface area (Å²) in [6.07, 6.45) is 0. The van der Waals surface area contributed by atoms with E-state index in [2.05, 4.69) is 4.98 Å². The van der Waals surface area contributed by atoms with Crippen molar-refractivity contribution in [3.63, 3.8) is 0 Å². The zero-order chi connectivity index (χ0) is 17.4. The van der Waals surface area contributed by atoms with Crippen LogP contribution in [-0.2, 0) is 0 Å². The minimum Gasteiger partial charge on any atom is -0.480 e. The molecule has 2 heterocycles. The summed E-state index contributed by atoms with van der Waals surface area (Å²) >= 11 is 13.3. The van der Waals surface area contributed by atoms with Gasteiger partial charge in [-0.25, -0.2) is 4.98 Å². The van der Waals surface area contributed by atoms with Crippen molar-refractivity contribution in [2.24, 2.45) is 0 Å². The van der Waals surface area contributed by atoms with Gasteiger partial charge in [-0.2, -0.15) is 4.98 Å². The average Bonchev–Trinajstić information content (AvgIpc) is 2.98. The lowest BCUT2D eigenvalue weighted by atomic mass is 10.2. The maximum Gasteiger partial charge on any atom is 0.236 e. The number of ether oxygens (including phenoxy) is 1. The third-order valence-corrected chi connectivity index (χ3v) is 5.40. The smallest absolute Gasteiger partial charge is 0.236 e. The van der Waals surface area contributed by atoms with Gasteiger partial charge in [-0.15, -0.1) is 0 Å². The second-order valence-electron chi connectivity index (χ2n) is 5.23. The summed E-state index contributed by atoms with van der Waals surface area (Å²) in [6.45, 7) is 0. The Kier molecular flexibility index (Phi) is 4.25. The van der Waals surface area contributed by atoms with Gasteiger partial charge in [0.1, 0.15) is 4.70 Å². The van der Waals surface area contributed by atoms with Crippen molar-refractivity contribution in [2.75, 3.05) is 7.11 Å². The fourth-order valence-electron chi connectivity index (χ4n) is 2.59. The van der Waals surface area contributed by atoms with Gasteiger partial charge in [0.25, 0.3) is 0 Å². The molecule has 0 aliphatic rings. The van der Waals surface area contributed by atoms with Crippen molar-refractivity contribution in [2.45, 2.75) is 0 Å². The monoisotopic (exact) mass is 385 g/mol. The van der Waals surface area contributed by atoms with Crippen LogP contribution in [0.5, 0.6) is 5.88 Å². The van der Waals surface area contributed by atoms with Gasteiger partial charge in [-0.3, -0.25) is 4.57 Å². The Labute approximate surface area is 158 Å². The van der Waals surface area contributed by atoms with Crippen LogP contribution in [0.4, 0.5) is 0 Å². The highest BCUT2D eigenvalue weighted by molar-refractivity contribution is 7.73. The Morgan fingerprint density at radius 2 is 1.76 bits per heavy atom. The predicted octanol–water partition coefficient (Wildman–Crippen LogP) is 5.54. The van der Waals surface area contributed by atoms with Gasteiger partial charge in [0, 0.05) is 11.3 Å². The minimum absolute atomic E-state index is 0.491. The fraction of sp³-hybridized carbons (Fsp3) is 0.0556. The summed E-state index contributed by atoms with van der Waals surface area (Å²) in [5.41, 5.74) is 2.41. The van der Waals surface area contributed by atoms with E-state index in [9.17, 15) is 0 Å². The molecular weight excluding hydrogens is 374 g/mol. The average molecular weight is 386 g/mol. The molecule has 124 valence electrons. The summed E-state index contributed by atoms with van der Waals surface area (Å²) in [5, 5.41) is 0.587. The maximum absolute atomic E-state index is 6.32. The number of benzene rings is 2. The summed E-state index contributed by atoms with van der Waals surface area (Å²) in [7, 11) is 1.59. The van der Waals surface area contributed by atoms with Crippen LogP contribution in [0.3, 0.4) is 0 Å². The molecule has 0 aliphatic carbocycles. The lowest BCUT2D eigenvalue weighted by molar-refractivity contribution is 0.404. The number of hydrogen-bond donors (Lipinski definition) is 0. The van der Waals surface area contributed by atoms with Crippen LogP contribution in [0.15, 0.2) is 54.6 Å². The fourth-order valence-corrected chi connectivity index (χ4v) is 4.15. The molecule has 0 amide bonds. The van der Waals surface area contributed by atoms with E-state index in [1.165, 1.54) is 11.3 Å². The van der Waals surface area contributed by atoms with E-state index in [1.54, 1.807) is 7.11 Å². The van der Waals surface area contributed by atoms with E-state index in [1.807, 2.05) is 59.2 Å². The minimum atomic E-state index is 0.491. The van der Waals surface area contributed by atoms with Gasteiger partial charge in [-0.05, 0) is 36.5 Å². The lowest BCUT2D eigenvalue weighted by Crippen LogP contribution is -2.00. The highest BCUT2D eigenvalue weighted by atomic mass is 35.5. The summed E-state index contributed by atoms with van der Waals surface area (Å²) in [4.78, 5) is 9.27. The third kappa shape index (κ3) is 2.82. The zero-order valence-electron chi connectivity index (χ0n) is 13.1. The van der Waals surface area contributed by atoms with Gasteiger partial charge in [0.2, 0.25) is 5.88 Å². The number of nitrogens with zero attached hydrogens (tertiary/aromatic N) is 3. The molecule has 0 bridgehead atoms. The Bertz CT molecular complexity index is 1120. The number of hydrogen-bond acceptors (Lipinski definition) is 5. The topological polar surface area (TPSA) is 39.9 Å². The van der Waals surface area contributed by atoms with Gasteiger partial charge in [-0.1, -0.05) is 53.3 Å². The van der Waals surface area contributed by atoms with Gasteiger partial charge in [0.05, 0.1) is 12.1 Å². The number of halogens is 1. The molecule has 7 heteroatoms. The molecule has 0 saturated carbocycles. The van der Waals surface area contributed by atoms with Crippen LogP contribution in [0.2, 0.25) is 5.02 Å². The molecule has 4 aromatic rings. The Morgan fingerprint density at radius 1 is 1.04 bits per heavy atom. The van der Waals surface area contributed by atoms with Crippen molar-refractivity contribution in [3.05, 3.63) is 63.6 Å². The largest absolute Gasteiger partial charge is 0.480 e. The first-order valence-electron chi connectivity index (χ1n) is 7.47. The van der Waals surface area contributed by atoms with Crippen molar-refractivity contribution < 1.29 is 4.74 Å². The summed E-state index contributed by atoms with van der Waals surface area (Å²) in [6, 6.07) is 17.4. The molecule has 0 N–H and O–H groups in total. The van der Waals surface area contributed by atoms with E-state index >= 15 is 0 Å². The number of fused-ring (bicyclic) bond motifs is 1. The van der Waals surface area contributed by atoms with Crippen molar-refractivity contribution in [1.82, 2.24) is 14.5 Å². The van der Waals surface area contributed by atoms with E-state index < -0.39 is 0 Å². The molecule has 0 aliphatic heterocycles. The molecule has 0 atom stereocenters. The number of methoxy groups -OCH3 is 1. The van der Waals surface area contributed by atoms with Crippen molar-refractivity contribution >= 4 is 45.5 Å². The lowest BCUT2D eigenvalue weighted by Gasteiger charge is -2.08. The Hall–Kier alpha value is -2.28. The summed E-state index contributed by atoms with van der Waals surface area (Å²) in [5.74, 6) is 0.998. The standard InChI is InChI=1S/C18H12ClN3OS2/c1-23-17-14-16(20-15(21-17)12-9-5-6-10-13(12)19)22(18(24)25-14)11-7-3-2-4-8-11/h2-10H,1H3. The first-order chi connectivity index (χ1) is 12.2. The molecule has 4 rings (SSSR count). The first-order valence-corrected chi connectivity index (χ1v) is 9.07. The number of thiazole rings is 1. The molecule has 0 unspecified atom stereocenters. The summed E-state index contributed by atoms with van der Waals surface area (Å²) < 4.78 is 8.92. The number of para-hydroxylation sites is 1.